The molecule has 0 N–H and O–H groups in total. The van der Waals surface area contributed by atoms with E-state index in [1.807, 2.05) is 6.92 Å². The lowest BCUT2D eigenvalue weighted by Gasteiger charge is -2.09. The second-order valence-electron chi connectivity index (χ2n) is 3.21. The van der Waals surface area contributed by atoms with Crippen LogP contribution in [0.5, 0.6) is 5.75 Å². The fourth-order valence-electron chi connectivity index (χ4n) is 1.10. The van der Waals surface area contributed by atoms with Crippen LogP contribution in [0.2, 0.25) is 0 Å². The minimum absolute atomic E-state index is 0.269. The van der Waals surface area contributed by atoms with Crippen molar-refractivity contribution in [2.24, 2.45) is 0 Å². The number of alkyl halides is 1. The highest BCUT2D eigenvalue weighted by atomic mass is 35.5. The van der Waals surface area contributed by atoms with Gasteiger partial charge in [-0.25, -0.2) is 4.39 Å². The first-order valence-corrected chi connectivity index (χ1v) is 6.26. The second kappa shape index (κ2) is 6.23. The van der Waals surface area contributed by atoms with Crippen LogP contribution in [0.15, 0.2) is 18.2 Å². The van der Waals surface area contributed by atoms with Crippen molar-refractivity contribution in [3.8, 4) is 5.75 Å². The van der Waals surface area contributed by atoms with Crippen LogP contribution in [-0.2, 0) is 5.75 Å². The van der Waals surface area contributed by atoms with Gasteiger partial charge in [-0.1, -0.05) is 19.1 Å². The zero-order valence-corrected chi connectivity index (χ0v) is 10.4. The van der Waals surface area contributed by atoms with Gasteiger partial charge >= 0.3 is 0 Å². The summed E-state index contributed by atoms with van der Waals surface area (Å²) in [7, 11) is 1.47. The van der Waals surface area contributed by atoms with Gasteiger partial charge < -0.3 is 4.74 Å². The van der Waals surface area contributed by atoms with Crippen molar-refractivity contribution in [2.75, 3.05) is 13.0 Å². The minimum Gasteiger partial charge on any atom is -0.494 e. The lowest BCUT2D eigenvalue weighted by molar-refractivity contribution is 0.385. The fourth-order valence-corrected chi connectivity index (χ4v) is 2.15. The zero-order valence-electron chi connectivity index (χ0n) is 8.80. The van der Waals surface area contributed by atoms with Crippen molar-refractivity contribution in [2.45, 2.75) is 17.9 Å². The smallest absolute Gasteiger partial charge is 0.169 e. The van der Waals surface area contributed by atoms with Gasteiger partial charge in [-0.05, 0) is 6.07 Å². The number of halogens is 2. The van der Waals surface area contributed by atoms with Crippen molar-refractivity contribution in [3.63, 3.8) is 0 Å². The van der Waals surface area contributed by atoms with Gasteiger partial charge in [0.05, 0.1) is 7.11 Å². The lowest BCUT2D eigenvalue weighted by Crippen LogP contribution is -1.99. The third-order valence-electron chi connectivity index (χ3n) is 2.00. The van der Waals surface area contributed by atoms with E-state index in [1.165, 1.54) is 7.11 Å². The summed E-state index contributed by atoms with van der Waals surface area (Å²) in [6.07, 6.45) is 0. The van der Waals surface area contributed by atoms with Crippen molar-refractivity contribution in [1.29, 1.82) is 0 Å². The van der Waals surface area contributed by atoms with E-state index in [1.54, 1.807) is 30.0 Å². The van der Waals surface area contributed by atoms with E-state index in [0.29, 0.717) is 28.2 Å². The lowest BCUT2D eigenvalue weighted by atomic mass is 10.2. The zero-order chi connectivity index (χ0) is 11.3. The predicted molar refractivity (Wildman–Crippen MR) is 64.4 cm³/mol. The molecular weight excluding hydrogens is 235 g/mol. The number of thioether (sulfide) groups is 1. The van der Waals surface area contributed by atoms with Crippen LogP contribution >= 0.6 is 23.4 Å². The highest BCUT2D eigenvalue weighted by Crippen LogP contribution is 2.25. The Hall–Kier alpha value is -0.410. The molecule has 1 aromatic carbocycles. The van der Waals surface area contributed by atoms with E-state index < -0.39 is 0 Å². The van der Waals surface area contributed by atoms with Crippen LogP contribution in [-0.4, -0.2) is 18.2 Å². The molecule has 15 heavy (non-hydrogen) atoms. The maximum atomic E-state index is 13.7. The van der Waals surface area contributed by atoms with Crippen molar-refractivity contribution in [3.05, 3.63) is 29.6 Å². The van der Waals surface area contributed by atoms with E-state index in [4.69, 9.17) is 16.3 Å². The Morgan fingerprint density at radius 1 is 1.53 bits per heavy atom. The highest BCUT2D eigenvalue weighted by Gasteiger charge is 2.09. The Labute approximate surface area is 99.0 Å². The predicted octanol–water partition coefficient (Wildman–Crippen LogP) is 3.69. The van der Waals surface area contributed by atoms with E-state index >= 15 is 0 Å². The summed E-state index contributed by atoms with van der Waals surface area (Å²) in [5.41, 5.74) is 0.663. The van der Waals surface area contributed by atoms with Gasteiger partial charge in [-0.2, -0.15) is 11.8 Å². The summed E-state index contributed by atoms with van der Waals surface area (Å²) in [5.74, 6) is 1.23. The molecule has 0 heterocycles. The molecule has 4 heteroatoms. The van der Waals surface area contributed by atoms with Crippen LogP contribution in [0.25, 0.3) is 0 Å². The number of ether oxygens (including phenoxy) is 1. The van der Waals surface area contributed by atoms with Gasteiger partial charge in [-0.3, -0.25) is 0 Å². The maximum Gasteiger partial charge on any atom is 0.169 e. The van der Waals surface area contributed by atoms with E-state index in [2.05, 4.69) is 0 Å². The van der Waals surface area contributed by atoms with Gasteiger partial charge in [0.15, 0.2) is 11.6 Å². The summed E-state index contributed by atoms with van der Waals surface area (Å²) >= 11 is 7.31. The Kier molecular flexibility index (Phi) is 5.26. The Balaban J connectivity index is 2.68. The summed E-state index contributed by atoms with van der Waals surface area (Å²) in [6, 6.07) is 5.18. The monoisotopic (exact) mass is 248 g/mol. The summed E-state index contributed by atoms with van der Waals surface area (Å²) in [6.45, 7) is 2.02. The molecule has 0 saturated heterocycles. The second-order valence-corrected chi connectivity index (χ2v) is 4.94. The molecule has 0 fully saturated rings. The number of hydrogen-bond acceptors (Lipinski definition) is 2. The van der Waals surface area contributed by atoms with Crippen molar-refractivity contribution >= 4 is 23.4 Å². The first-order chi connectivity index (χ1) is 7.19. The van der Waals surface area contributed by atoms with Gasteiger partial charge in [0.2, 0.25) is 0 Å². The number of methoxy groups -OCH3 is 1. The SMILES string of the molecule is COc1cccc(CSC(C)CCl)c1F. The molecule has 0 aliphatic rings. The average Bonchev–Trinajstić information content (AvgIpc) is 2.27. The topological polar surface area (TPSA) is 9.23 Å². The largest absolute Gasteiger partial charge is 0.494 e. The van der Waals surface area contributed by atoms with Crippen molar-refractivity contribution < 1.29 is 9.13 Å². The van der Waals surface area contributed by atoms with E-state index in [9.17, 15) is 4.39 Å². The first-order valence-electron chi connectivity index (χ1n) is 4.68. The number of hydrogen-bond donors (Lipinski definition) is 0. The van der Waals surface area contributed by atoms with E-state index in [0.717, 1.165) is 0 Å². The van der Waals surface area contributed by atoms with Crippen LogP contribution in [0.1, 0.15) is 12.5 Å². The molecule has 0 aliphatic carbocycles. The molecule has 1 atom stereocenters. The van der Waals surface area contributed by atoms with Gasteiger partial charge in [0.25, 0.3) is 0 Å². The summed E-state index contributed by atoms with van der Waals surface area (Å²) in [4.78, 5) is 0. The Bertz CT molecular complexity index is 319. The molecule has 0 aromatic heterocycles. The number of rotatable bonds is 5. The molecule has 1 rings (SSSR count). The molecular formula is C11H14ClFOS. The third kappa shape index (κ3) is 3.58. The Morgan fingerprint density at radius 2 is 2.27 bits per heavy atom. The molecule has 1 nitrogen and oxygen atoms in total. The van der Waals surface area contributed by atoms with Crippen LogP contribution in [0.3, 0.4) is 0 Å². The maximum absolute atomic E-state index is 13.7. The average molecular weight is 249 g/mol. The molecule has 0 spiro atoms. The molecule has 84 valence electrons. The molecule has 0 bridgehead atoms. The highest BCUT2D eigenvalue weighted by molar-refractivity contribution is 7.99. The van der Waals surface area contributed by atoms with Gasteiger partial charge in [0.1, 0.15) is 0 Å². The quantitative estimate of drug-likeness (QED) is 0.735. The first kappa shape index (κ1) is 12.7. The summed E-state index contributed by atoms with van der Waals surface area (Å²) < 4.78 is 18.6. The van der Waals surface area contributed by atoms with E-state index in [-0.39, 0.29) is 5.82 Å². The molecule has 1 unspecified atom stereocenters. The fraction of sp³-hybridized carbons (Fsp3) is 0.455. The normalized spacial score (nSPS) is 12.5. The minimum atomic E-state index is -0.269. The summed E-state index contributed by atoms with van der Waals surface area (Å²) in [5, 5.41) is 0.331. The Morgan fingerprint density at radius 3 is 2.87 bits per heavy atom. The molecule has 0 aliphatic heterocycles. The molecule has 1 aromatic rings. The van der Waals surface area contributed by atoms with Crippen LogP contribution < -0.4 is 4.74 Å². The standard InChI is InChI=1S/C11H14ClFOS/c1-8(6-12)15-7-9-4-3-5-10(14-2)11(9)13/h3-5,8H,6-7H2,1-2H3. The van der Waals surface area contributed by atoms with Gasteiger partial charge in [-0.15, -0.1) is 11.6 Å². The van der Waals surface area contributed by atoms with Gasteiger partial charge in [0, 0.05) is 22.4 Å². The molecule has 0 radical (unpaired) electrons. The third-order valence-corrected chi connectivity index (χ3v) is 3.86. The van der Waals surface area contributed by atoms with Crippen LogP contribution in [0.4, 0.5) is 4.39 Å². The number of benzene rings is 1. The van der Waals surface area contributed by atoms with Crippen LogP contribution in [0, 0.1) is 5.82 Å². The van der Waals surface area contributed by atoms with Crippen molar-refractivity contribution in [1.82, 2.24) is 0 Å². The molecule has 0 saturated carbocycles. The molecule has 0 amide bonds.